The molecule has 1 fully saturated rings. The fourth-order valence-corrected chi connectivity index (χ4v) is 2.97. The van der Waals surface area contributed by atoms with Crippen LogP contribution in [0, 0.1) is 0 Å². The van der Waals surface area contributed by atoms with E-state index in [-0.39, 0.29) is 0 Å². The molecule has 2 aliphatic heterocycles. The maximum absolute atomic E-state index is 6.04. The van der Waals surface area contributed by atoms with Crippen molar-refractivity contribution >= 4 is 5.69 Å². The molecule has 0 atom stereocenters. The molecular weight excluding hydrogens is 250 g/mol. The van der Waals surface area contributed by atoms with E-state index in [1.165, 1.54) is 30.8 Å². The molecule has 4 nitrogen and oxygen atoms in total. The largest absolute Gasteiger partial charge is 0.492 e. The molecule has 0 radical (unpaired) electrons. The van der Waals surface area contributed by atoms with Gasteiger partial charge in [-0.1, -0.05) is 6.07 Å². The van der Waals surface area contributed by atoms with Gasteiger partial charge < -0.3 is 15.0 Å². The summed E-state index contributed by atoms with van der Waals surface area (Å²) in [5.41, 5.74) is 2.62. The van der Waals surface area contributed by atoms with Crippen molar-refractivity contribution in [1.82, 2.24) is 9.80 Å². The number of anilines is 1. The van der Waals surface area contributed by atoms with Crippen LogP contribution in [0.15, 0.2) is 18.2 Å². The highest BCUT2D eigenvalue weighted by molar-refractivity contribution is 5.59. The van der Waals surface area contributed by atoms with Crippen LogP contribution < -0.4 is 10.1 Å². The Balaban J connectivity index is 1.51. The van der Waals surface area contributed by atoms with Crippen molar-refractivity contribution in [3.05, 3.63) is 23.8 Å². The lowest BCUT2D eigenvalue weighted by Gasteiger charge is -2.32. The standard InChI is InChI=1S/C16H25N3O/c1-18-8-10-19(11-9-18)12-13-20-16-6-2-5-15-14(16)4-3-7-17-15/h2,5-6,17H,3-4,7-13H2,1H3. The minimum atomic E-state index is 0.792. The summed E-state index contributed by atoms with van der Waals surface area (Å²) < 4.78 is 6.04. The van der Waals surface area contributed by atoms with Gasteiger partial charge in [0.25, 0.3) is 0 Å². The molecule has 0 saturated carbocycles. The molecule has 2 heterocycles. The average Bonchev–Trinajstić information content (AvgIpc) is 2.49. The van der Waals surface area contributed by atoms with Gasteiger partial charge in [-0.2, -0.15) is 0 Å². The maximum atomic E-state index is 6.04. The highest BCUT2D eigenvalue weighted by atomic mass is 16.5. The Morgan fingerprint density at radius 2 is 2.05 bits per heavy atom. The summed E-state index contributed by atoms with van der Waals surface area (Å²) in [6.07, 6.45) is 2.33. The van der Waals surface area contributed by atoms with Crippen LogP contribution in [0.2, 0.25) is 0 Å². The zero-order valence-electron chi connectivity index (χ0n) is 12.4. The second-order valence-corrected chi connectivity index (χ2v) is 5.81. The molecule has 2 aliphatic rings. The second kappa shape index (κ2) is 6.46. The Labute approximate surface area is 121 Å². The van der Waals surface area contributed by atoms with Gasteiger partial charge in [0.05, 0.1) is 0 Å². The lowest BCUT2D eigenvalue weighted by atomic mass is 10.0. The monoisotopic (exact) mass is 275 g/mol. The van der Waals surface area contributed by atoms with Crippen molar-refractivity contribution in [2.24, 2.45) is 0 Å². The molecule has 0 aliphatic carbocycles. The number of ether oxygens (including phenoxy) is 1. The third kappa shape index (κ3) is 3.25. The quantitative estimate of drug-likeness (QED) is 0.904. The SMILES string of the molecule is CN1CCN(CCOc2cccc3c2CCCN3)CC1. The van der Waals surface area contributed by atoms with Gasteiger partial charge in [-0.05, 0) is 32.0 Å². The Bertz CT molecular complexity index is 441. The Hall–Kier alpha value is -1.26. The van der Waals surface area contributed by atoms with Crippen molar-refractivity contribution in [3.8, 4) is 5.75 Å². The number of hydrogen-bond acceptors (Lipinski definition) is 4. The van der Waals surface area contributed by atoms with Crippen LogP contribution in [0.1, 0.15) is 12.0 Å². The van der Waals surface area contributed by atoms with Crippen molar-refractivity contribution in [1.29, 1.82) is 0 Å². The van der Waals surface area contributed by atoms with E-state index in [0.29, 0.717) is 0 Å². The summed E-state index contributed by atoms with van der Waals surface area (Å²) in [6, 6.07) is 6.35. The van der Waals surface area contributed by atoms with Gasteiger partial charge in [-0.3, -0.25) is 4.90 Å². The molecule has 0 aromatic heterocycles. The molecular formula is C16H25N3O. The minimum Gasteiger partial charge on any atom is -0.492 e. The summed E-state index contributed by atoms with van der Waals surface area (Å²) in [6.45, 7) is 7.57. The molecule has 1 saturated heterocycles. The van der Waals surface area contributed by atoms with Crippen LogP contribution in [0.5, 0.6) is 5.75 Å². The maximum Gasteiger partial charge on any atom is 0.124 e. The number of likely N-dealkylation sites (N-methyl/N-ethyl adjacent to an activating group) is 1. The first-order valence-corrected chi connectivity index (χ1v) is 7.72. The number of benzene rings is 1. The van der Waals surface area contributed by atoms with Crippen LogP contribution in [-0.2, 0) is 6.42 Å². The second-order valence-electron chi connectivity index (χ2n) is 5.81. The van der Waals surface area contributed by atoms with Gasteiger partial charge in [-0.25, -0.2) is 0 Å². The third-order valence-corrected chi connectivity index (χ3v) is 4.31. The predicted octanol–water partition coefficient (Wildman–Crippen LogP) is 1.67. The average molecular weight is 275 g/mol. The summed E-state index contributed by atoms with van der Waals surface area (Å²) in [5, 5.41) is 3.45. The number of nitrogens with one attached hydrogen (secondary N) is 1. The van der Waals surface area contributed by atoms with Crippen LogP contribution in [0.3, 0.4) is 0 Å². The summed E-state index contributed by atoms with van der Waals surface area (Å²) >= 11 is 0. The van der Waals surface area contributed by atoms with E-state index < -0.39 is 0 Å². The normalized spacial score (nSPS) is 20.2. The highest BCUT2D eigenvalue weighted by Crippen LogP contribution is 2.30. The summed E-state index contributed by atoms with van der Waals surface area (Å²) in [4.78, 5) is 4.88. The van der Waals surface area contributed by atoms with E-state index in [4.69, 9.17) is 4.74 Å². The lowest BCUT2D eigenvalue weighted by molar-refractivity contribution is 0.133. The molecule has 0 amide bonds. The minimum absolute atomic E-state index is 0.792. The van der Waals surface area contributed by atoms with E-state index in [1.807, 2.05) is 0 Å². The molecule has 20 heavy (non-hydrogen) atoms. The van der Waals surface area contributed by atoms with E-state index in [0.717, 1.165) is 45.0 Å². The third-order valence-electron chi connectivity index (χ3n) is 4.31. The first-order chi connectivity index (χ1) is 9.83. The molecule has 1 aromatic rings. The van der Waals surface area contributed by atoms with Gasteiger partial charge in [0.15, 0.2) is 0 Å². The first kappa shape index (κ1) is 13.7. The number of rotatable bonds is 4. The van der Waals surface area contributed by atoms with Gasteiger partial charge in [0, 0.05) is 50.5 Å². The topological polar surface area (TPSA) is 27.7 Å². The predicted molar refractivity (Wildman–Crippen MR) is 82.7 cm³/mol. The van der Waals surface area contributed by atoms with Crippen molar-refractivity contribution in [3.63, 3.8) is 0 Å². The van der Waals surface area contributed by atoms with Crippen molar-refractivity contribution in [2.45, 2.75) is 12.8 Å². The fraction of sp³-hybridized carbons (Fsp3) is 0.625. The van der Waals surface area contributed by atoms with E-state index in [9.17, 15) is 0 Å². The molecule has 0 unspecified atom stereocenters. The molecule has 1 N–H and O–H groups in total. The molecule has 0 spiro atoms. The molecule has 4 heteroatoms. The zero-order chi connectivity index (χ0) is 13.8. The van der Waals surface area contributed by atoms with Crippen molar-refractivity contribution in [2.75, 3.05) is 58.2 Å². The van der Waals surface area contributed by atoms with E-state index in [1.54, 1.807) is 0 Å². The summed E-state index contributed by atoms with van der Waals surface area (Å²) in [5.74, 6) is 1.07. The van der Waals surface area contributed by atoms with Crippen LogP contribution in [0.25, 0.3) is 0 Å². The van der Waals surface area contributed by atoms with Crippen LogP contribution in [0.4, 0.5) is 5.69 Å². The molecule has 110 valence electrons. The Morgan fingerprint density at radius 1 is 1.20 bits per heavy atom. The molecule has 1 aromatic carbocycles. The number of hydrogen-bond donors (Lipinski definition) is 1. The van der Waals surface area contributed by atoms with Crippen LogP contribution >= 0.6 is 0 Å². The molecule has 3 rings (SSSR count). The lowest BCUT2D eigenvalue weighted by Crippen LogP contribution is -2.45. The molecule has 0 bridgehead atoms. The van der Waals surface area contributed by atoms with Crippen LogP contribution in [-0.4, -0.2) is 62.7 Å². The fourth-order valence-electron chi connectivity index (χ4n) is 2.97. The van der Waals surface area contributed by atoms with E-state index in [2.05, 4.69) is 40.4 Å². The first-order valence-electron chi connectivity index (χ1n) is 7.72. The number of fused-ring (bicyclic) bond motifs is 1. The van der Waals surface area contributed by atoms with E-state index >= 15 is 0 Å². The Kier molecular flexibility index (Phi) is 4.43. The highest BCUT2D eigenvalue weighted by Gasteiger charge is 2.15. The number of piperazine rings is 1. The smallest absolute Gasteiger partial charge is 0.124 e. The van der Waals surface area contributed by atoms with Crippen molar-refractivity contribution < 1.29 is 4.74 Å². The van der Waals surface area contributed by atoms with Gasteiger partial charge in [0.2, 0.25) is 0 Å². The summed E-state index contributed by atoms with van der Waals surface area (Å²) in [7, 11) is 2.19. The van der Waals surface area contributed by atoms with Gasteiger partial charge in [-0.15, -0.1) is 0 Å². The number of nitrogens with zero attached hydrogens (tertiary/aromatic N) is 2. The Morgan fingerprint density at radius 3 is 2.90 bits per heavy atom. The van der Waals surface area contributed by atoms with Gasteiger partial charge in [0.1, 0.15) is 12.4 Å². The van der Waals surface area contributed by atoms with Gasteiger partial charge >= 0.3 is 0 Å². The zero-order valence-corrected chi connectivity index (χ0v) is 12.4.